The van der Waals surface area contributed by atoms with E-state index in [9.17, 15) is 0 Å². The summed E-state index contributed by atoms with van der Waals surface area (Å²) in [5.74, 6) is 1.46. The van der Waals surface area contributed by atoms with E-state index in [1.54, 1.807) is 7.11 Å². The van der Waals surface area contributed by atoms with Crippen molar-refractivity contribution in [1.29, 1.82) is 0 Å². The molecule has 0 aliphatic carbocycles. The summed E-state index contributed by atoms with van der Waals surface area (Å²) in [7, 11) is 1.64. The predicted molar refractivity (Wildman–Crippen MR) is 55.8 cm³/mol. The maximum Gasteiger partial charge on any atom is 0.215 e. The number of methoxy groups -OCH3 is 1. The molecule has 1 N–H and O–H groups in total. The summed E-state index contributed by atoms with van der Waals surface area (Å²) >= 11 is 0. The maximum absolute atomic E-state index is 5.36. The Hall–Kier alpha value is -1.29. The molecule has 0 aromatic carbocycles. The fourth-order valence-electron chi connectivity index (χ4n) is 1.00. The van der Waals surface area contributed by atoms with E-state index in [1.807, 2.05) is 25.1 Å². The van der Waals surface area contributed by atoms with Gasteiger partial charge in [-0.3, -0.25) is 0 Å². The van der Waals surface area contributed by atoms with Crippen molar-refractivity contribution < 1.29 is 9.47 Å². The Morgan fingerprint density at radius 2 is 2.21 bits per heavy atom. The van der Waals surface area contributed by atoms with E-state index in [2.05, 4.69) is 10.3 Å². The van der Waals surface area contributed by atoms with E-state index in [1.165, 1.54) is 0 Å². The normalized spacial score (nSPS) is 9.86. The van der Waals surface area contributed by atoms with Gasteiger partial charge in [-0.25, -0.2) is 0 Å². The first-order valence-electron chi connectivity index (χ1n) is 4.69. The summed E-state index contributed by atoms with van der Waals surface area (Å²) < 4.78 is 10.2. The number of rotatable bonds is 6. The third kappa shape index (κ3) is 3.62. The van der Waals surface area contributed by atoms with Crippen LogP contribution in [0.3, 0.4) is 0 Å². The van der Waals surface area contributed by atoms with E-state index in [0.717, 1.165) is 12.4 Å². The van der Waals surface area contributed by atoms with Gasteiger partial charge in [-0.05, 0) is 13.0 Å². The second-order valence-corrected chi connectivity index (χ2v) is 2.73. The lowest BCUT2D eigenvalue weighted by Gasteiger charge is -2.06. The Morgan fingerprint density at radius 3 is 2.93 bits per heavy atom. The molecule has 1 aromatic heterocycles. The van der Waals surface area contributed by atoms with Crippen LogP contribution >= 0.6 is 0 Å². The second kappa shape index (κ2) is 6.21. The first-order chi connectivity index (χ1) is 6.86. The van der Waals surface area contributed by atoms with Crippen molar-refractivity contribution in [2.45, 2.75) is 6.92 Å². The zero-order chi connectivity index (χ0) is 10.2. The Morgan fingerprint density at radius 1 is 1.36 bits per heavy atom. The fraction of sp³-hybridized carbons (Fsp3) is 0.500. The molecule has 0 fully saturated rings. The molecular weight excluding hydrogens is 180 g/mol. The van der Waals surface area contributed by atoms with Gasteiger partial charge in [0.05, 0.1) is 6.61 Å². The topological polar surface area (TPSA) is 43.4 Å². The molecule has 0 bridgehead atoms. The minimum atomic E-state index is 0.527. The molecule has 4 heteroatoms. The highest BCUT2D eigenvalue weighted by molar-refractivity contribution is 5.36. The predicted octanol–water partition coefficient (Wildman–Crippen LogP) is 1.54. The van der Waals surface area contributed by atoms with Crippen molar-refractivity contribution in [3.63, 3.8) is 0 Å². The van der Waals surface area contributed by atoms with Gasteiger partial charge in [-0.15, -0.1) is 0 Å². The zero-order valence-corrected chi connectivity index (χ0v) is 8.62. The van der Waals surface area contributed by atoms with Crippen molar-refractivity contribution in [3.8, 4) is 5.88 Å². The molecule has 1 rings (SSSR count). The lowest BCUT2D eigenvalue weighted by molar-refractivity contribution is 0.144. The largest absolute Gasteiger partial charge is 0.475 e. The zero-order valence-electron chi connectivity index (χ0n) is 8.62. The summed E-state index contributed by atoms with van der Waals surface area (Å²) in [6.07, 6.45) is 0. The van der Waals surface area contributed by atoms with E-state index in [0.29, 0.717) is 19.1 Å². The van der Waals surface area contributed by atoms with Gasteiger partial charge in [-0.1, -0.05) is 6.07 Å². The number of nitrogens with one attached hydrogen (secondary N) is 1. The molecule has 78 valence electrons. The van der Waals surface area contributed by atoms with Gasteiger partial charge in [0.2, 0.25) is 5.88 Å². The standard InChI is InChI=1S/C10H16N2O2/c1-3-11-9-5-4-6-10(12-9)14-8-7-13-2/h4-6H,3,7-8H2,1-2H3,(H,11,12). The van der Waals surface area contributed by atoms with Crippen LogP contribution in [0.1, 0.15) is 6.92 Å². The SMILES string of the molecule is CCNc1cccc(OCCOC)n1. The van der Waals surface area contributed by atoms with Crippen LogP contribution in [0.15, 0.2) is 18.2 Å². The molecular formula is C10H16N2O2. The van der Waals surface area contributed by atoms with Gasteiger partial charge in [0.15, 0.2) is 0 Å². The molecule has 0 amide bonds. The van der Waals surface area contributed by atoms with Gasteiger partial charge in [0.25, 0.3) is 0 Å². The number of hydrogen-bond donors (Lipinski definition) is 1. The number of anilines is 1. The number of hydrogen-bond acceptors (Lipinski definition) is 4. The first-order valence-corrected chi connectivity index (χ1v) is 4.69. The lowest BCUT2D eigenvalue weighted by Crippen LogP contribution is -2.06. The number of pyridine rings is 1. The van der Waals surface area contributed by atoms with E-state index >= 15 is 0 Å². The highest BCUT2D eigenvalue weighted by Gasteiger charge is 1.96. The highest BCUT2D eigenvalue weighted by atomic mass is 16.5. The molecule has 1 heterocycles. The van der Waals surface area contributed by atoms with Crippen molar-refractivity contribution in [1.82, 2.24) is 4.98 Å². The summed E-state index contributed by atoms with van der Waals surface area (Å²) in [4.78, 5) is 4.25. The van der Waals surface area contributed by atoms with Crippen LogP contribution in [0.25, 0.3) is 0 Å². The van der Waals surface area contributed by atoms with Crippen molar-refractivity contribution in [3.05, 3.63) is 18.2 Å². The smallest absolute Gasteiger partial charge is 0.215 e. The van der Waals surface area contributed by atoms with Crippen LogP contribution in [0.5, 0.6) is 5.88 Å². The fourth-order valence-corrected chi connectivity index (χ4v) is 1.00. The molecule has 0 unspecified atom stereocenters. The van der Waals surface area contributed by atoms with Gasteiger partial charge in [0.1, 0.15) is 12.4 Å². The summed E-state index contributed by atoms with van der Waals surface area (Å²) in [5, 5.41) is 3.12. The van der Waals surface area contributed by atoms with Gasteiger partial charge in [-0.2, -0.15) is 4.98 Å². The van der Waals surface area contributed by atoms with Crippen molar-refractivity contribution >= 4 is 5.82 Å². The van der Waals surface area contributed by atoms with E-state index in [4.69, 9.17) is 9.47 Å². The molecule has 0 saturated heterocycles. The van der Waals surface area contributed by atoms with Crippen LogP contribution in [-0.4, -0.2) is 31.9 Å². The third-order valence-corrected chi connectivity index (χ3v) is 1.62. The average molecular weight is 196 g/mol. The minimum Gasteiger partial charge on any atom is -0.475 e. The lowest BCUT2D eigenvalue weighted by atomic mass is 10.4. The van der Waals surface area contributed by atoms with Crippen molar-refractivity contribution in [2.24, 2.45) is 0 Å². The Bertz CT molecular complexity index is 266. The molecule has 14 heavy (non-hydrogen) atoms. The Kier molecular flexibility index (Phi) is 4.78. The average Bonchev–Trinajstić information content (AvgIpc) is 2.19. The van der Waals surface area contributed by atoms with Crippen LogP contribution in [0.4, 0.5) is 5.82 Å². The van der Waals surface area contributed by atoms with E-state index in [-0.39, 0.29) is 0 Å². The molecule has 0 aliphatic rings. The monoisotopic (exact) mass is 196 g/mol. The molecule has 1 aromatic rings. The number of aromatic nitrogens is 1. The Balaban J connectivity index is 2.46. The number of nitrogens with zero attached hydrogens (tertiary/aromatic N) is 1. The van der Waals surface area contributed by atoms with Gasteiger partial charge < -0.3 is 14.8 Å². The first kappa shape index (κ1) is 10.8. The van der Waals surface area contributed by atoms with Crippen LogP contribution in [0.2, 0.25) is 0 Å². The molecule has 0 aliphatic heterocycles. The van der Waals surface area contributed by atoms with Gasteiger partial charge in [0, 0.05) is 19.7 Å². The molecule has 0 radical (unpaired) electrons. The molecule has 4 nitrogen and oxygen atoms in total. The van der Waals surface area contributed by atoms with Crippen LogP contribution in [0, 0.1) is 0 Å². The third-order valence-electron chi connectivity index (χ3n) is 1.62. The number of ether oxygens (including phenoxy) is 2. The second-order valence-electron chi connectivity index (χ2n) is 2.73. The maximum atomic E-state index is 5.36. The summed E-state index contributed by atoms with van der Waals surface area (Å²) in [6.45, 7) is 3.99. The quantitative estimate of drug-likeness (QED) is 0.701. The highest BCUT2D eigenvalue weighted by Crippen LogP contribution is 2.10. The summed E-state index contributed by atoms with van der Waals surface area (Å²) in [6, 6.07) is 5.65. The van der Waals surface area contributed by atoms with Crippen LogP contribution < -0.4 is 10.1 Å². The van der Waals surface area contributed by atoms with E-state index < -0.39 is 0 Å². The molecule has 0 spiro atoms. The van der Waals surface area contributed by atoms with Crippen LogP contribution in [-0.2, 0) is 4.74 Å². The minimum absolute atomic E-state index is 0.527. The molecule has 0 atom stereocenters. The van der Waals surface area contributed by atoms with Crippen molar-refractivity contribution in [2.75, 3.05) is 32.2 Å². The summed E-state index contributed by atoms with van der Waals surface area (Å²) in [5.41, 5.74) is 0. The Labute approximate surface area is 84.3 Å². The molecule has 0 saturated carbocycles. The van der Waals surface area contributed by atoms with Gasteiger partial charge >= 0.3 is 0 Å².